The van der Waals surface area contributed by atoms with Crippen molar-refractivity contribution in [3.63, 3.8) is 0 Å². The quantitative estimate of drug-likeness (QED) is 0.0476. The summed E-state index contributed by atoms with van der Waals surface area (Å²) < 4.78 is 39.7. The number of hydrogen-bond acceptors (Lipinski definition) is 7. The molecule has 52 heavy (non-hydrogen) atoms. The minimum Gasteiger partial charge on any atom is -0.424 e. The van der Waals surface area contributed by atoms with Crippen LogP contribution in [0.3, 0.4) is 0 Å². The van der Waals surface area contributed by atoms with Gasteiger partial charge in [-0.05, 0) is 68.6 Å². The zero-order valence-electron chi connectivity index (χ0n) is 31.9. The molecule has 0 N–H and O–H groups in total. The van der Waals surface area contributed by atoms with Crippen LogP contribution in [0.4, 0.5) is 0 Å². The highest BCUT2D eigenvalue weighted by molar-refractivity contribution is 9.26. The third-order valence-electron chi connectivity index (χ3n) is 7.25. The predicted octanol–water partition coefficient (Wildman–Crippen LogP) is 12.4. The van der Waals surface area contributed by atoms with E-state index in [4.69, 9.17) is 35.1 Å². The Hall–Kier alpha value is -2.61. The molecule has 0 aliphatic heterocycles. The lowest BCUT2D eigenvalue weighted by atomic mass is 10.00. The van der Waals surface area contributed by atoms with Crippen molar-refractivity contribution in [3.05, 3.63) is 90.2 Å². The fraction of sp³-hybridized carbons (Fsp3) is 0.385. The smallest absolute Gasteiger partial charge is 0.363 e. The molecule has 2 heterocycles. The predicted molar refractivity (Wildman–Crippen MR) is 226 cm³/mol. The summed E-state index contributed by atoms with van der Waals surface area (Å²) in [6.07, 6.45) is 2.38. The van der Waals surface area contributed by atoms with Crippen molar-refractivity contribution in [3.8, 4) is 34.0 Å². The number of benzene rings is 3. The molecule has 0 atom stereocenters. The second-order valence-electron chi connectivity index (χ2n) is 15.3. The van der Waals surface area contributed by atoms with E-state index in [1.54, 1.807) is 12.3 Å². The fourth-order valence-corrected chi connectivity index (χ4v) is 7.89. The van der Waals surface area contributed by atoms with E-state index >= 15 is 0 Å². The molecule has 0 saturated heterocycles. The highest BCUT2D eigenvalue weighted by atomic mass is 79.9. The molecule has 0 radical (unpaired) electrons. The maximum absolute atomic E-state index is 13.8. The van der Waals surface area contributed by atoms with Crippen LogP contribution in [0.15, 0.2) is 85.2 Å². The molecule has 280 valence electrons. The van der Waals surface area contributed by atoms with E-state index < -0.39 is 22.4 Å². The Morgan fingerprint density at radius 2 is 1.40 bits per heavy atom. The summed E-state index contributed by atoms with van der Waals surface area (Å²) in [4.78, 5) is 9.17. The van der Waals surface area contributed by atoms with E-state index in [9.17, 15) is 4.57 Å². The monoisotopic (exact) mass is 843 g/mol. The zero-order chi connectivity index (χ0) is 38.3. The molecule has 0 aliphatic carbocycles. The molecule has 0 amide bonds. The maximum Gasteiger partial charge on any atom is 0.363 e. The number of aromatic nitrogens is 3. The van der Waals surface area contributed by atoms with Gasteiger partial charge in [0.1, 0.15) is 19.2 Å². The van der Waals surface area contributed by atoms with Gasteiger partial charge in [0.2, 0.25) is 0 Å². The first-order valence-electron chi connectivity index (χ1n) is 17.5. The zero-order valence-corrected chi connectivity index (χ0v) is 37.2. The second kappa shape index (κ2) is 18.1. The average Bonchev–Trinajstić information content (AvgIpc) is 3.36. The van der Waals surface area contributed by atoms with Gasteiger partial charge in [0.15, 0.2) is 0 Å². The topological polar surface area (TPSA) is 84.7 Å². The number of halogens is 2. The van der Waals surface area contributed by atoms with E-state index in [1.807, 2.05) is 62.6 Å². The van der Waals surface area contributed by atoms with Crippen LogP contribution in [-0.4, -0.2) is 48.1 Å². The lowest BCUT2D eigenvalue weighted by molar-refractivity contribution is 0.0850. The summed E-state index contributed by atoms with van der Waals surface area (Å²) >= 11 is 10.4. The van der Waals surface area contributed by atoms with Crippen molar-refractivity contribution >= 4 is 65.6 Å². The molecular formula is C39H52BrClN3O5PSi2. The van der Waals surface area contributed by atoms with Gasteiger partial charge in [-0.3, -0.25) is 14.1 Å². The van der Waals surface area contributed by atoms with Gasteiger partial charge >= 0.3 is 13.6 Å². The van der Waals surface area contributed by atoms with Crippen LogP contribution in [0.25, 0.3) is 33.3 Å². The lowest BCUT2D eigenvalue weighted by Gasteiger charge is -2.23. The first-order valence-corrected chi connectivity index (χ1v) is 28.9. The van der Waals surface area contributed by atoms with Gasteiger partial charge in [-0.1, -0.05) is 105 Å². The highest BCUT2D eigenvalue weighted by Crippen LogP contribution is 2.49. The van der Waals surface area contributed by atoms with Crippen LogP contribution in [0.2, 0.25) is 50.3 Å². The molecule has 0 bridgehead atoms. The SMILES string of the molecule is CC(C)OP(=O)(OC(C)C)c1cncc(Oc2nc3cc(-c4ccc(-c5ccccc5)cc4)c(Cl)cc3n2COCC[Si](C)(C)C)c1.C[Si](C)(C)Br. The summed E-state index contributed by atoms with van der Waals surface area (Å²) in [7, 11) is -4.97. The van der Waals surface area contributed by atoms with Crippen molar-refractivity contribution in [2.24, 2.45) is 0 Å². The molecule has 0 saturated carbocycles. The molecule has 0 aliphatic rings. The molecular weight excluding hydrogens is 793 g/mol. The number of fused-ring (bicyclic) bond motifs is 1. The largest absolute Gasteiger partial charge is 0.424 e. The van der Waals surface area contributed by atoms with Crippen LogP contribution in [0, 0.1) is 0 Å². The van der Waals surface area contributed by atoms with E-state index in [0.717, 1.165) is 33.8 Å². The van der Waals surface area contributed by atoms with E-state index in [0.29, 0.717) is 34.2 Å². The van der Waals surface area contributed by atoms with Crippen molar-refractivity contribution < 1.29 is 23.1 Å². The molecule has 0 unspecified atom stereocenters. The molecule has 13 heteroatoms. The number of imidazole rings is 1. The minimum atomic E-state index is -3.67. The molecule has 3 aromatic carbocycles. The van der Waals surface area contributed by atoms with Gasteiger partial charge in [-0.15, -0.1) is 15.3 Å². The van der Waals surface area contributed by atoms with Crippen molar-refractivity contribution in [2.45, 2.75) is 92.0 Å². The van der Waals surface area contributed by atoms with Gasteiger partial charge in [0, 0.05) is 26.4 Å². The molecule has 5 rings (SSSR count). The van der Waals surface area contributed by atoms with Crippen LogP contribution in [0.1, 0.15) is 27.7 Å². The van der Waals surface area contributed by atoms with Gasteiger partial charge in [0.05, 0.1) is 39.8 Å². The summed E-state index contributed by atoms with van der Waals surface area (Å²) in [6, 6.07) is 25.4. The van der Waals surface area contributed by atoms with E-state index in [-0.39, 0.29) is 18.9 Å². The second-order valence-corrected chi connectivity index (χ2v) is 34.5. The van der Waals surface area contributed by atoms with Crippen LogP contribution in [-0.2, 0) is 25.1 Å². The maximum atomic E-state index is 13.8. The van der Waals surface area contributed by atoms with Crippen molar-refractivity contribution in [1.82, 2.24) is 14.5 Å². The Labute approximate surface area is 324 Å². The summed E-state index contributed by atoms with van der Waals surface area (Å²) in [6.45, 7) is 21.0. The third kappa shape index (κ3) is 12.8. The molecule has 5 aromatic rings. The fourth-order valence-electron chi connectivity index (χ4n) is 4.97. The van der Waals surface area contributed by atoms with Gasteiger partial charge < -0.3 is 18.5 Å². The van der Waals surface area contributed by atoms with Crippen LogP contribution in [0.5, 0.6) is 11.8 Å². The lowest BCUT2D eigenvalue weighted by Crippen LogP contribution is -2.22. The molecule has 0 fully saturated rings. The van der Waals surface area contributed by atoms with Gasteiger partial charge in [0.25, 0.3) is 0 Å². The summed E-state index contributed by atoms with van der Waals surface area (Å²) in [5, 5.41) is 0.886. The van der Waals surface area contributed by atoms with E-state index in [1.165, 1.54) is 6.20 Å². The third-order valence-corrected chi connectivity index (χ3v) is 11.5. The Morgan fingerprint density at radius 3 is 1.98 bits per heavy atom. The van der Waals surface area contributed by atoms with Crippen LogP contribution >= 0.6 is 34.5 Å². The summed E-state index contributed by atoms with van der Waals surface area (Å²) in [5.74, 6) is 0.337. The molecule has 8 nitrogen and oxygen atoms in total. The van der Waals surface area contributed by atoms with Gasteiger partial charge in [-0.2, -0.15) is 4.98 Å². The Balaban J connectivity index is 0.00000113. The first kappa shape index (κ1) is 42.1. The van der Waals surface area contributed by atoms with Crippen LogP contribution < -0.4 is 10.0 Å². The minimum absolute atomic E-state index is 0.219. The standard InChI is InChI=1S/C36H43ClN3O5PSi.C3H9BrSi/c1-25(2)44-46(41,45-26(3)4)31-19-30(22-38-23-31)43-36-39-34-20-32(29-15-13-28(14-16-29)27-11-9-8-10-12-27)33(37)21-35(34)40(36)24-42-17-18-47(5,6)7;1-5(2,3)4/h8-16,19-23,25-26H,17-18,24H2,1-7H3;1-3H3. The first-order chi connectivity index (χ1) is 24.3. The number of hydrogen-bond donors (Lipinski definition) is 0. The van der Waals surface area contributed by atoms with Crippen molar-refractivity contribution in [2.75, 3.05) is 6.61 Å². The number of rotatable bonds is 14. The van der Waals surface area contributed by atoms with Crippen molar-refractivity contribution in [1.29, 1.82) is 0 Å². The normalized spacial score (nSPS) is 12.3. The number of ether oxygens (including phenoxy) is 2. The number of pyridine rings is 1. The number of nitrogens with zero attached hydrogens (tertiary/aromatic N) is 3. The highest BCUT2D eigenvalue weighted by Gasteiger charge is 2.31. The Morgan fingerprint density at radius 1 is 0.827 bits per heavy atom. The molecule has 2 aromatic heterocycles. The Bertz CT molecular complexity index is 1940. The average molecular weight is 845 g/mol. The molecule has 0 spiro atoms. The van der Waals surface area contributed by atoms with Gasteiger partial charge in [-0.25, -0.2) is 0 Å². The Kier molecular flexibility index (Phi) is 14.7. The summed E-state index contributed by atoms with van der Waals surface area (Å²) in [5.41, 5.74) is 5.57. The van der Waals surface area contributed by atoms with E-state index in [2.05, 4.69) is 96.0 Å².